The van der Waals surface area contributed by atoms with Crippen LogP contribution in [0.4, 0.5) is 0 Å². The van der Waals surface area contributed by atoms with E-state index in [0.717, 1.165) is 11.1 Å². The fourth-order valence-electron chi connectivity index (χ4n) is 1.84. The lowest BCUT2D eigenvalue weighted by molar-refractivity contribution is -0.122. The SMILES string of the molecule is CN(C)C(=O)/C(=C\c1ccccc1)c1ccccc1. The van der Waals surface area contributed by atoms with Gasteiger partial charge in [0.15, 0.2) is 0 Å². The maximum absolute atomic E-state index is 12.3. The van der Waals surface area contributed by atoms with Gasteiger partial charge >= 0.3 is 0 Å². The molecule has 0 bridgehead atoms. The van der Waals surface area contributed by atoms with Crippen LogP contribution in [0.5, 0.6) is 0 Å². The van der Waals surface area contributed by atoms with Crippen molar-refractivity contribution in [3.63, 3.8) is 0 Å². The van der Waals surface area contributed by atoms with E-state index in [1.165, 1.54) is 0 Å². The summed E-state index contributed by atoms with van der Waals surface area (Å²) in [6, 6.07) is 19.6. The van der Waals surface area contributed by atoms with Gasteiger partial charge in [-0.1, -0.05) is 60.7 Å². The van der Waals surface area contributed by atoms with Gasteiger partial charge in [0.25, 0.3) is 5.91 Å². The van der Waals surface area contributed by atoms with Crippen molar-refractivity contribution in [2.45, 2.75) is 0 Å². The van der Waals surface area contributed by atoms with Crippen molar-refractivity contribution in [3.8, 4) is 0 Å². The molecule has 0 N–H and O–H groups in total. The summed E-state index contributed by atoms with van der Waals surface area (Å²) in [4.78, 5) is 13.9. The third-order valence-corrected chi connectivity index (χ3v) is 2.83. The average Bonchev–Trinajstić information content (AvgIpc) is 2.46. The highest BCUT2D eigenvalue weighted by molar-refractivity contribution is 6.23. The van der Waals surface area contributed by atoms with E-state index in [9.17, 15) is 4.79 Å². The van der Waals surface area contributed by atoms with Gasteiger partial charge in [0.2, 0.25) is 0 Å². The molecular weight excluding hydrogens is 234 g/mol. The minimum Gasteiger partial charge on any atom is -0.345 e. The summed E-state index contributed by atoms with van der Waals surface area (Å²) < 4.78 is 0. The van der Waals surface area contributed by atoms with Crippen molar-refractivity contribution in [1.29, 1.82) is 0 Å². The van der Waals surface area contributed by atoms with Crippen molar-refractivity contribution >= 4 is 17.6 Å². The van der Waals surface area contributed by atoms with Crippen molar-refractivity contribution < 1.29 is 4.79 Å². The van der Waals surface area contributed by atoms with Crippen LogP contribution in [0.15, 0.2) is 60.7 Å². The molecule has 0 spiro atoms. The molecule has 2 nitrogen and oxygen atoms in total. The van der Waals surface area contributed by atoms with Gasteiger partial charge in [0.1, 0.15) is 0 Å². The quantitative estimate of drug-likeness (QED) is 0.605. The molecule has 0 saturated carbocycles. The van der Waals surface area contributed by atoms with E-state index in [2.05, 4.69) is 0 Å². The molecule has 0 saturated heterocycles. The Morgan fingerprint density at radius 1 is 0.895 bits per heavy atom. The summed E-state index contributed by atoms with van der Waals surface area (Å²) in [6.07, 6.45) is 1.93. The van der Waals surface area contributed by atoms with E-state index in [1.54, 1.807) is 19.0 Å². The van der Waals surface area contributed by atoms with Crippen LogP contribution < -0.4 is 0 Å². The lowest BCUT2D eigenvalue weighted by Gasteiger charge is -2.14. The zero-order valence-corrected chi connectivity index (χ0v) is 11.2. The van der Waals surface area contributed by atoms with Gasteiger partial charge in [-0.15, -0.1) is 0 Å². The van der Waals surface area contributed by atoms with Gasteiger partial charge < -0.3 is 4.90 Å². The standard InChI is InChI=1S/C17H17NO/c1-18(2)17(19)16(15-11-7-4-8-12-15)13-14-9-5-3-6-10-14/h3-13H,1-2H3/b16-13-. The van der Waals surface area contributed by atoms with Gasteiger partial charge in [0, 0.05) is 19.7 Å². The normalized spacial score (nSPS) is 11.2. The fraction of sp³-hybridized carbons (Fsp3) is 0.118. The molecule has 0 radical (unpaired) electrons. The van der Waals surface area contributed by atoms with Crippen LogP contribution in [0.1, 0.15) is 11.1 Å². The van der Waals surface area contributed by atoms with Crippen LogP contribution in [-0.2, 0) is 4.79 Å². The molecule has 2 rings (SSSR count). The second kappa shape index (κ2) is 6.01. The second-order valence-corrected chi connectivity index (χ2v) is 4.53. The lowest BCUT2D eigenvalue weighted by Crippen LogP contribution is -2.22. The zero-order valence-electron chi connectivity index (χ0n) is 11.2. The predicted molar refractivity (Wildman–Crippen MR) is 79.4 cm³/mol. The van der Waals surface area contributed by atoms with Gasteiger partial charge in [-0.05, 0) is 17.2 Å². The molecule has 19 heavy (non-hydrogen) atoms. The number of likely N-dealkylation sites (N-methyl/N-ethyl adjacent to an activating group) is 1. The Hall–Kier alpha value is -2.35. The first-order valence-electron chi connectivity index (χ1n) is 6.22. The number of hydrogen-bond acceptors (Lipinski definition) is 1. The molecule has 2 aromatic carbocycles. The molecule has 0 aliphatic carbocycles. The van der Waals surface area contributed by atoms with Crippen LogP contribution in [0.2, 0.25) is 0 Å². The van der Waals surface area contributed by atoms with E-state index in [0.29, 0.717) is 5.57 Å². The van der Waals surface area contributed by atoms with Crippen LogP contribution in [0.25, 0.3) is 11.6 Å². The van der Waals surface area contributed by atoms with Gasteiger partial charge in [0.05, 0.1) is 0 Å². The summed E-state index contributed by atoms with van der Waals surface area (Å²) in [6.45, 7) is 0. The first kappa shape index (κ1) is 13.1. The summed E-state index contributed by atoms with van der Waals surface area (Å²) in [7, 11) is 3.54. The number of rotatable bonds is 3. The van der Waals surface area contributed by atoms with Gasteiger partial charge in [-0.25, -0.2) is 0 Å². The smallest absolute Gasteiger partial charge is 0.253 e. The highest BCUT2D eigenvalue weighted by atomic mass is 16.2. The van der Waals surface area contributed by atoms with Gasteiger partial charge in [-0.3, -0.25) is 4.79 Å². The first-order valence-corrected chi connectivity index (χ1v) is 6.22. The van der Waals surface area contributed by atoms with Crippen molar-refractivity contribution in [3.05, 3.63) is 71.8 Å². The topological polar surface area (TPSA) is 20.3 Å². The maximum atomic E-state index is 12.3. The summed E-state index contributed by atoms with van der Waals surface area (Å²) in [5, 5.41) is 0. The van der Waals surface area contributed by atoms with Gasteiger partial charge in [-0.2, -0.15) is 0 Å². The summed E-state index contributed by atoms with van der Waals surface area (Å²) >= 11 is 0. The number of benzene rings is 2. The third kappa shape index (κ3) is 3.32. The van der Waals surface area contributed by atoms with Crippen LogP contribution >= 0.6 is 0 Å². The average molecular weight is 251 g/mol. The Morgan fingerprint density at radius 2 is 1.42 bits per heavy atom. The second-order valence-electron chi connectivity index (χ2n) is 4.53. The zero-order chi connectivity index (χ0) is 13.7. The molecule has 0 unspecified atom stereocenters. The van der Waals surface area contributed by atoms with E-state index in [-0.39, 0.29) is 5.91 Å². The third-order valence-electron chi connectivity index (χ3n) is 2.83. The van der Waals surface area contributed by atoms with Crippen LogP contribution in [0.3, 0.4) is 0 Å². The number of nitrogens with zero attached hydrogens (tertiary/aromatic N) is 1. The molecule has 2 heteroatoms. The molecular formula is C17H17NO. The molecule has 0 aliphatic rings. The molecule has 96 valence electrons. The molecule has 0 atom stereocenters. The Morgan fingerprint density at radius 3 is 1.95 bits per heavy atom. The van der Waals surface area contributed by atoms with E-state index in [4.69, 9.17) is 0 Å². The van der Waals surface area contributed by atoms with E-state index >= 15 is 0 Å². The van der Waals surface area contributed by atoms with Crippen LogP contribution in [-0.4, -0.2) is 24.9 Å². The monoisotopic (exact) mass is 251 g/mol. The van der Waals surface area contributed by atoms with Crippen molar-refractivity contribution in [1.82, 2.24) is 4.90 Å². The maximum Gasteiger partial charge on any atom is 0.253 e. The molecule has 2 aromatic rings. The summed E-state index contributed by atoms with van der Waals surface area (Å²) in [5.41, 5.74) is 2.67. The predicted octanol–water partition coefficient (Wildman–Crippen LogP) is 3.32. The molecule has 0 fully saturated rings. The Kier molecular flexibility index (Phi) is 4.14. The molecule has 1 amide bonds. The van der Waals surface area contributed by atoms with E-state index < -0.39 is 0 Å². The number of carbonyl (C=O) groups is 1. The van der Waals surface area contributed by atoms with Crippen LogP contribution in [0, 0.1) is 0 Å². The minimum absolute atomic E-state index is 0.00931. The largest absolute Gasteiger partial charge is 0.345 e. The minimum atomic E-state index is 0.00931. The molecule has 0 aromatic heterocycles. The van der Waals surface area contributed by atoms with Crippen molar-refractivity contribution in [2.24, 2.45) is 0 Å². The number of carbonyl (C=O) groups excluding carboxylic acids is 1. The van der Waals surface area contributed by atoms with Crippen molar-refractivity contribution in [2.75, 3.05) is 14.1 Å². The first-order chi connectivity index (χ1) is 9.18. The lowest BCUT2D eigenvalue weighted by atomic mass is 10.0. The fourth-order valence-corrected chi connectivity index (χ4v) is 1.84. The highest BCUT2D eigenvalue weighted by Crippen LogP contribution is 2.19. The van der Waals surface area contributed by atoms with E-state index in [1.807, 2.05) is 66.7 Å². The Labute approximate surface area is 114 Å². The Balaban J connectivity index is 2.47. The summed E-state index contributed by atoms with van der Waals surface area (Å²) in [5.74, 6) is 0.00931. The highest BCUT2D eigenvalue weighted by Gasteiger charge is 2.13. The molecule has 0 aliphatic heterocycles. The number of hydrogen-bond donors (Lipinski definition) is 0. The number of amides is 1. The molecule has 0 heterocycles. The Bertz CT molecular complexity index is 571.